The summed E-state index contributed by atoms with van der Waals surface area (Å²) in [4.78, 5) is 0. The van der Waals surface area contributed by atoms with Gasteiger partial charge in [-0.25, -0.2) is 0 Å². The summed E-state index contributed by atoms with van der Waals surface area (Å²) in [5, 5.41) is 0. The van der Waals surface area contributed by atoms with Gasteiger partial charge in [-0.1, -0.05) is 67.6 Å². The molecule has 0 N–H and O–H groups in total. The maximum atomic E-state index is 5.69. The van der Waals surface area contributed by atoms with E-state index in [1.54, 1.807) is 0 Å². The van der Waals surface area contributed by atoms with Gasteiger partial charge in [0.15, 0.2) is 0 Å². The van der Waals surface area contributed by atoms with Gasteiger partial charge in [0.1, 0.15) is 5.75 Å². The Balaban J connectivity index is 2.35. The third kappa shape index (κ3) is 4.59. The first-order valence-electron chi connectivity index (χ1n) is 8.26. The average molecular weight is 306 g/mol. The lowest BCUT2D eigenvalue weighted by atomic mass is 9.85. The van der Waals surface area contributed by atoms with Crippen LogP contribution < -0.4 is 4.74 Å². The molecule has 23 heavy (non-hydrogen) atoms. The predicted molar refractivity (Wildman–Crippen MR) is 99.2 cm³/mol. The molecule has 120 valence electrons. The van der Waals surface area contributed by atoms with E-state index in [-0.39, 0.29) is 5.92 Å². The molecule has 1 unspecified atom stereocenters. The Hall–Kier alpha value is -2.28. The van der Waals surface area contributed by atoms with Gasteiger partial charge in [-0.05, 0) is 49.1 Å². The number of hydrogen-bond donors (Lipinski definition) is 0. The fourth-order valence-electron chi connectivity index (χ4n) is 2.76. The fourth-order valence-corrected chi connectivity index (χ4v) is 2.76. The fraction of sp³-hybridized carbons (Fsp3) is 0.273. The molecule has 0 saturated heterocycles. The smallest absolute Gasteiger partial charge is 0.119 e. The van der Waals surface area contributed by atoms with E-state index in [9.17, 15) is 0 Å². The Labute approximate surface area is 140 Å². The number of ether oxygens (including phenoxy) is 1. The van der Waals surface area contributed by atoms with Crippen molar-refractivity contribution in [2.75, 3.05) is 6.61 Å². The lowest BCUT2D eigenvalue weighted by molar-refractivity contribution is 0.317. The molecule has 0 aliphatic rings. The van der Waals surface area contributed by atoms with Crippen LogP contribution in [0.3, 0.4) is 0 Å². The Morgan fingerprint density at radius 1 is 1.13 bits per heavy atom. The molecule has 0 fully saturated rings. The van der Waals surface area contributed by atoms with Crippen LogP contribution in [0.1, 0.15) is 42.9 Å². The Bertz CT molecular complexity index is 665. The van der Waals surface area contributed by atoms with Gasteiger partial charge in [-0.3, -0.25) is 0 Å². The van der Waals surface area contributed by atoms with E-state index in [4.69, 9.17) is 4.74 Å². The SMILES string of the molecule is C=C(/C=C/C)C(c1ccc(OCCC)cc1)c1cccc(C)c1. The van der Waals surface area contributed by atoms with Crippen LogP contribution in [0.25, 0.3) is 0 Å². The Morgan fingerprint density at radius 2 is 1.87 bits per heavy atom. The summed E-state index contributed by atoms with van der Waals surface area (Å²) in [7, 11) is 0. The second-order valence-corrected chi connectivity index (χ2v) is 5.84. The topological polar surface area (TPSA) is 9.23 Å². The van der Waals surface area contributed by atoms with Gasteiger partial charge >= 0.3 is 0 Å². The number of hydrogen-bond acceptors (Lipinski definition) is 1. The molecule has 0 radical (unpaired) electrons. The molecule has 0 spiro atoms. The zero-order valence-electron chi connectivity index (χ0n) is 14.4. The van der Waals surface area contributed by atoms with Crippen LogP contribution in [0.4, 0.5) is 0 Å². The summed E-state index contributed by atoms with van der Waals surface area (Å²) in [6.45, 7) is 11.3. The maximum Gasteiger partial charge on any atom is 0.119 e. The van der Waals surface area contributed by atoms with E-state index in [0.717, 1.165) is 24.4 Å². The highest BCUT2D eigenvalue weighted by atomic mass is 16.5. The third-order valence-electron chi connectivity index (χ3n) is 3.81. The van der Waals surface area contributed by atoms with Crippen LogP contribution in [0.15, 0.2) is 72.8 Å². The van der Waals surface area contributed by atoms with Crippen molar-refractivity contribution in [3.05, 3.63) is 89.5 Å². The normalized spacial score (nSPS) is 12.3. The molecule has 2 aromatic carbocycles. The minimum atomic E-state index is 0.173. The van der Waals surface area contributed by atoms with Crippen LogP contribution in [0, 0.1) is 6.92 Å². The molecule has 1 nitrogen and oxygen atoms in total. The van der Waals surface area contributed by atoms with Gasteiger partial charge in [0.05, 0.1) is 6.61 Å². The molecule has 0 bridgehead atoms. The lowest BCUT2D eigenvalue weighted by Gasteiger charge is -2.20. The monoisotopic (exact) mass is 306 g/mol. The zero-order chi connectivity index (χ0) is 16.7. The van der Waals surface area contributed by atoms with Crippen molar-refractivity contribution in [3.63, 3.8) is 0 Å². The minimum absolute atomic E-state index is 0.173. The summed E-state index contributed by atoms with van der Waals surface area (Å²) in [5.41, 5.74) is 4.88. The Kier molecular flexibility index (Phi) is 6.22. The number of allylic oxidation sites excluding steroid dienone is 3. The molecule has 0 aliphatic heterocycles. The summed E-state index contributed by atoms with van der Waals surface area (Å²) in [5.74, 6) is 1.10. The highest BCUT2D eigenvalue weighted by molar-refractivity contribution is 5.46. The minimum Gasteiger partial charge on any atom is -0.494 e. The van der Waals surface area contributed by atoms with Crippen molar-refractivity contribution in [3.8, 4) is 5.75 Å². The number of rotatable bonds is 7. The van der Waals surface area contributed by atoms with Gasteiger partial charge in [-0.15, -0.1) is 0 Å². The maximum absolute atomic E-state index is 5.69. The van der Waals surface area contributed by atoms with E-state index >= 15 is 0 Å². The molecule has 0 aromatic heterocycles. The summed E-state index contributed by atoms with van der Waals surface area (Å²) >= 11 is 0. The van der Waals surface area contributed by atoms with Crippen LogP contribution in [0.2, 0.25) is 0 Å². The Morgan fingerprint density at radius 3 is 2.48 bits per heavy atom. The second kappa shape index (κ2) is 8.38. The van der Waals surface area contributed by atoms with Crippen LogP contribution in [-0.4, -0.2) is 6.61 Å². The van der Waals surface area contributed by atoms with Crippen LogP contribution >= 0.6 is 0 Å². The van der Waals surface area contributed by atoms with Gasteiger partial charge < -0.3 is 4.74 Å². The van der Waals surface area contributed by atoms with Gasteiger partial charge in [0, 0.05) is 5.92 Å². The van der Waals surface area contributed by atoms with Crippen molar-refractivity contribution in [1.29, 1.82) is 0 Å². The van der Waals surface area contributed by atoms with Crippen molar-refractivity contribution >= 4 is 0 Å². The lowest BCUT2D eigenvalue weighted by Crippen LogP contribution is -2.03. The van der Waals surface area contributed by atoms with E-state index in [0.29, 0.717) is 0 Å². The molecular weight excluding hydrogens is 280 g/mol. The standard InChI is InChI=1S/C22H26O/c1-5-8-18(4)22(20-10-7-9-17(3)16-20)19-11-13-21(14-12-19)23-15-6-2/h5,7-14,16,22H,4,6,15H2,1-3H3/b8-5+. The first-order valence-corrected chi connectivity index (χ1v) is 8.26. The quantitative estimate of drug-likeness (QED) is 0.566. The first-order chi connectivity index (χ1) is 11.2. The van der Waals surface area contributed by atoms with E-state index in [1.165, 1.54) is 16.7 Å². The summed E-state index contributed by atoms with van der Waals surface area (Å²) in [6.07, 6.45) is 5.16. The van der Waals surface area contributed by atoms with Crippen molar-refractivity contribution in [1.82, 2.24) is 0 Å². The van der Waals surface area contributed by atoms with Gasteiger partial charge in [-0.2, -0.15) is 0 Å². The molecule has 1 heteroatoms. The van der Waals surface area contributed by atoms with E-state index < -0.39 is 0 Å². The van der Waals surface area contributed by atoms with Crippen molar-refractivity contribution in [2.45, 2.75) is 33.1 Å². The average Bonchev–Trinajstić information content (AvgIpc) is 2.55. The summed E-state index contributed by atoms with van der Waals surface area (Å²) in [6, 6.07) is 17.0. The number of aryl methyl sites for hydroxylation is 1. The molecule has 2 rings (SSSR count). The molecule has 0 saturated carbocycles. The molecular formula is C22H26O. The van der Waals surface area contributed by atoms with E-state index in [2.05, 4.69) is 75.0 Å². The number of benzene rings is 2. The molecule has 0 aliphatic carbocycles. The highest BCUT2D eigenvalue weighted by Crippen LogP contribution is 2.33. The van der Waals surface area contributed by atoms with Crippen molar-refractivity contribution in [2.24, 2.45) is 0 Å². The molecule has 0 heterocycles. The predicted octanol–water partition coefficient (Wildman–Crippen LogP) is 6.05. The summed E-state index contributed by atoms with van der Waals surface area (Å²) < 4.78 is 5.69. The van der Waals surface area contributed by atoms with Gasteiger partial charge in [0.25, 0.3) is 0 Å². The molecule has 0 amide bonds. The highest BCUT2D eigenvalue weighted by Gasteiger charge is 2.16. The largest absolute Gasteiger partial charge is 0.494 e. The van der Waals surface area contributed by atoms with Gasteiger partial charge in [0.2, 0.25) is 0 Å². The first kappa shape index (κ1) is 17.1. The van der Waals surface area contributed by atoms with E-state index in [1.807, 2.05) is 13.0 Å². The third-order valence-corrected chi connectivity index (χ3v) is 3.81. The zero-order valence-corrected chi connectivity index (χ0v) is 14.4. The molecule has 2 aromatic rings. The second-order valence-electron chi connectivity index (χ2n) is 5.84. The van der Waals surface area contributed by atoms with Crippen LogP contribution in [0.5, 0.6) is 5.75 Å². The van der Waals surface area contributed by atoms with Crippen molar-refractivity contribution < 1.29 is 4.74 Å². The molecule has 1 atom stereocenters. The van der Waals surface area contributed by atoms with Crippen LogP contribution in [-0.2, 0) is 0 Å².